The average molecular weight is 436 g/mol. The molecule has 0 aliphatic rings. The number of nitrogens with zero attached hydrogens (tertiary/aromatic N) is 3. The molecule has 0 atom stereocenters. The van der Waals surface area contributed by atoms with Gasteiger partial charge in [-0.25, -0.2) is 9.07 Å². The van der Waals surface area contributed by atoms with Crippen molar-refractivity contribution in [2.24, 2.45) is 0 Å². The highest BCUT2D eigenvalue weighted by Crippen LogP contribution is 2.25. The summed E-state index contributed by atoms with van der Waals surface area (Å²) in [5, 5.41) is 7.25. The first-order chi connectivity index (χ1) is 15.5. The Morgan fingerprint density at radius 3 is 2.78 bits per heavy atom. The predicted molar refractivity (Wildman–Crippen MR) is 116 cm³/mol. The summed E-state index contributed by atoms with van der Waals surface area (Å²) in [4.78, 5) is 17.0. The number of methoxy groups -OCH3 is 1. The molecular formula is C23H21FN4O4. The van der Waals surface area contributed by atoms with Gasteiger partial charge in [0, 0.05) is 18.4 Å². The lowest BCUT2D eigenvalue weighted by atomic mass is 10.1. The quantitative estimate of drug-likeness (QED) is 0.415. The lowest BCUT2D eigenvalue weighted by molar-refractivity contribution is 0.102. The Bertz CT molecular complexity index is 1220. The Hall–Kier alpha value is -3.98. The second kappa shape index (κ2) is 9.44. The van der Waals surface area contributed by atoms with Crippen molar-refractivity contribution in [3.63, 3.8) is 0 Å². The molecule has 0 spiro atoms. The van der Waals surface area contributed by atoms with E-state index in [-0.39, 0.29) is 17.7 Å². The minimum absolute atomic E-state index is 0.171. The van der Waals surface area contributed by atoms with E-state index in [0.717, 1.165) is 0 Å². The second-order valence-electron chi connectivity index (χ2n) is 6.92. The van der Waals surface area contributed by atoms with Crippen molar-refractivity contribution in [1.82, 2.24) is 14.8 Å². The van der Waals surface area contributed by atoms with E-state index in [1.165, 1.54) is 18.2 Å². The van der Waals surface area contributed by atoms with E-state index in [1.54, 1.807) is 55.3 Å². The summed E-state index contributed by atoms with van der Waals surface area (Å²) in [5.41, 5.74) is 1.94. The molecule has 0 unspecified atom stereocenters. The largest absolute Gasteiger partial charge is 0.461 e. The number of carbonyl (C=O) groups is 1. The van der Waals surface area contributed by atoms with Gasteiger partial charge in [-0.2, -0.15) is 4.98 Å². The van der Waals surface area contributed by atoms with Gasteiger partial charge in [-0.1, -0.05) is 6.07 Å². The molecule has 8 nitrogen and oxygen atoms in total. The summed E-state index contributed by atoms with van der Waals surface area (Å²) in [6, 6.07) is 15.0. The molecule has 2 heterocycles. The molecule has 0 aliphatic carbocycles. The van der Waals surface area contributed by atoms with E-state index in [4.69, 9.17) is 13.9 Å². The van der Waals surface area contributed by atoms with Crippen molar-refractivity contribution in [2.45, 2.75) is 6.92 Å². The van der Waals surface area contributed by atoms with Crippen molar-refractivity contribution in [2.75, 3.05) is 25.6 Å². The zero-order chi connectivity index (χ0) is 22.5. The van der Waals surface area contributed by atoms with Gasteiger partial charge in [0.2, 0.25) is 5.82 Å². The first kappa shape index (κ1) is 21.3. The number of ether oxygens (including phenoxy) is 2. The number of hydrogen-bond acceptors (Lipinski definition) is 6. The lowest BCUT2D eigenvalue weighted by Gasteiger charge is -2.09. The summed E-state index contributed by atoms with van der Waals surface area (Å²) < 4.78 is 31.1. The molecule has 2 aromatic heterocycles. The van der Waals surface area contributed by atoms with Gasteiger partial charge in [0.25, 0.3) is 5.91 Å². The molecule has 1 N–H and O–H groups in total. The number of hydrogen-bond donors (Lipinski definition) is 1. The van der Waals surface area contributed by atoms with E-state index in [9.17, 15) is 9.18 Å². The summed E-state index contributed by atoms with van der Waals surface area (Å²) in [6.07, 6.45) is 1.54. The average Bonchev–Trinajstić information content (AvgIpc) is 3.46. The Labute approximate surface area is 183 Å². The Morgan fingerprint density at radius 1 is 1.16 bits per heavy atom. The summed E-state index contributed by atoms with van der Waals surface area (Å²) in [5.74, 6) is 0.248. The smallest absolute Gasteiger partial charge is 0.336 e. The number of nitrogens with one attached hydrogen (secondary N) is 1. The molecule has 0 saturated carbocycles. The van der Waals surface area contributed by atoms with Gasteiger partial charge in [0.05, 0.1) is 18.6 Å². The van der Waals surface area contributed by atoms with Crippen LogP contribution in [0.3, 0.4) is 0 Å². The Balaban J connectivity index is 1.62. The first-order valence-corrected chi connectivity index (χ1v) is 9.86. The number of benzene rings is 2. The summed E-state index contributed by atoms with van der Waals surface area (Å²) in [6.45, 7) is 2.31. The number of carbonyl (C=O) groups excluding carboxylic acids is 1. The molecule has 4 aromatic rings. The zero-order valence-corrected chi connectivity index (χ0v) is 17.5. The zero-order valence-electron chi connectivity index (χ0n) is 17.5. The third-order valence-corrected chi connectivity index (χ3v) is 4.62. The van der Waals surface area contributed by atoms with Gasteiger partial charge < -0.3 is 19.2 Å². The van der Waals surface area contributed by atoms with Crippen LogP contribution in [0, 0.1) is 12.7 Å². The van der Waals surface area contributed by atoms with Crippen LogP contribution in [0.15, 0.2) is 65.3 Å². The van der Waals surface area contributed by atoms with Crippen LogP contribution in [-0.4, -0.2) is 41.0 Å². The Morgan fingerprint density at radius 2 is 2.03 bits per heavy atom. The van der Waals surface area contributed by atoms with Crippen LogP contribution < -0.4 is 10.1 Å². The van der Waals surface area contributed by atoms with Crippen molar-refractivity contribution < 1.29 is 23.1 Å². The predicted octanol–water partition coefficient (Wildman–Crippen LogP) is 4.25. The standard InChI is InChI=1S/C23H21FN4O4/c1-15-13-16(8-9-19(15)24)22(29)25-17-5-3-6-18(14-17)28-21(20-7-4-10-31-20)26-23(27-28)32-12-11-30-2/h3-10,13-14H,11-12H2,1-2H3,(H,25,29). The van der Waals surface area contributed by atoms with Crippen molar-refractivity contribution in [3.8, 4) is 23.3 Å². The molecule has 164 valence electrons. The number of furan rings is 1. The second-order valence-corrected chi connectivity index (χ2v) is 6.92. The maximum Gasteiger partial charge on any atom is 0.336 e. The van der Waals surface area contributed by atoms with Gasteiger partial charge in [0.15, 0.2) is 5.76 Å². The molecule has 9 heteroatoms. The van der Waals surface area contributed by atoms with Gasteiger partial charge >= 0.3 is 6.01 Å². The van der Waals surface area contributed by atoms with E-state index >= 15 is 0 Å². The highest BCUT2D eigenvalue weighted by atomic mass is 19.1. The molecular weight excluding hydrogens is 415 g/mol. The summed E-state index contributed by atoms with van der Waals surface area (Å²) in [7, 11) is 1.58. The molecule has 2 aromatic carbocycles. The number of amides is 1. The monoisotopic (exact) mass is 436 g/mol. The number of rotatable bonds is 8. The molecule has 0 bridgehead atoms. The van der Waals surface area contributed by atoms with Crippen LogP contribution in [0.1, 0.15) is 15.9 Å². The number of anilines is 1. The van der Waals surface area contributed by atoms with Gasteiger partial charge in [-0.05, 0) is 61.0 Å². The number of aromatic nitrogens is 3. The van der Waals surface area contributed by atoms with Crippen molar-refractivity contribution in [3.05, 3.63) is 77.8 Å². The van der Waals surface area contributed by atoms with Crippen LogP contribution in [0.4, 0.5) is 10.1 Å². The van der Waals surface area contributed by atoms with Crippen LogP contribution in [0.25, 0.3) is 17.3 Å². The molecule has 4 rings (SSSR count). The van der Waals surface area contributed by atoms with Gasteiger partial charge in [-0.15, -0.1) is 5.10 Å². The maximum absolute atomic E-state index is 13.5. The maximum atomic E-state index is 13.5. The highest BCUT2D eigenvalue weighted by molar-refractivity contribution is 6.04. The van der Waals surface area contributed by atoms with Crippen LogP contribution >= 0.6 is 0 Å². The lowest BCUT2D eigenvalue weighted by Crippen LogP contribution is -2.12. The molecule has 0 radical (unpaired) electrons. The third kappa shape index (κ3) is 4.68. The van der Waals surface area contributed by atoms with E-state index < -0.39 is 0 Å². The van der Waals surface area contributed by atoms with Crippen molar-refractivity contribution >= 4 is 11.6 Å². The molecule has 0 saturated heterocycles. The fourth-order valence-electron chi connectivity index (χ4n) is 3.02. The minimum atomic E-state index is -0.358. The normalized spacial score (nSPS) is 10.8. The summed E-state index contributed by atoms with van der Waals surface area (Å²) >= 11 is 0. The molecule has 32 heavy (non-hydrogen) atoms. The van der Waals surface area contributed by atoms with Gasteiger partial charge in [-0.3, -0.25) is 4.79 Å². The molecule has 0 aliphatic heterocycles. The van der Waals surface area contributed by atoms with E-state index in [0.29, 0.717) is 47.3 Å². The van der Waals surface area contributed by atoms with Crippen LogP contribution in [0.5, 0.6) is 6.01 Å². The minimum Gasteiger partial charge on any atom is -0.461 e. The number of halogens is 1. The first-order valence-electron chi connectivity index (χ1n) is 9.86. The van der Waals surface area contributed by atoms with E-state index in [2.05, 4.69) is 15.4 Å². The number of aryl methyl sites for hydroxylation is 1. The van der Waals surface area contributed by atoms with Crippen LogP contribution in [0.2, 0.25) is 0 Å². The molecule has 1 amide bonds. The third-order valence-electron chi connectivity index (χ3n) is 4.62. The van der Waals surface area contributed by atoms with Crippen LogP contribution in [-0.2, 0) is 4.74 Å². The highest BCUT2D eigenvalue weighted by Gasteiger charge is 2.17. The van der Waals surface area contributed by atoms with E-state index in [1.807, 2.05) is 6.07 Å². The van der Waals surface area contributed by atoms with Gasteiger partial charge in [0.1, 0.15) is 12.4 Å². The SMILES string of the molecule is COCCOc1nc(-c2ccco2)n(-c2cccc(NC(=O)c3ccc(F)c(C)c3)c2)n1. The fraction of sp³-hybridized carbons (Fsp3) is 0.174. The Kier molecular flexibility index (Phi) is 6.27. The van der Waals surface area contributed by atoms with Crippen molar-refractivity contribution in [1.29, 1.82) is 0 Å². The molecule has 0 fully saturated rings. The topological polar surface area (TPSA) is 91.4 Å². The fourth-order valence-corrected chi connectivity index (χ4v) is 3.02.